The molecule has 16 heavy (non-hydrogen) atoms. The minimum atomic E-state index is 0.277. The Labute approximate surface area is 94.7 Å². The maximum atomic E-state index is 11.8. The van der Waals surface area contributed by atoms with Gasteiger partial charge in [-0.25, -0.2) is 0 Å². The van der Waals surface area contributed by atoms with Gasteiger partial charge in [0.1, 0.15) is 0 Å². The first-order chi connectivity index (χ1) is 7.81. The highest BCUT2D eigenvalue weighted by molar-refractivity contribution is 6.03. The van der Waals surface area contributed by atoms with Gasteiger partial charge in [-0.2, -0.15) is 0 Å². The van der Waals surface area contributed by atoms with Gasteiger partial charge in [0.2, 0.25) is 0 Å². The van der Waals surface area contributed by atoms with Gasteiger partial charge in [0.05, 0.1) is 5.69 Å². The van der Waals surface area contributed by atoms with Crippen LogP contribution in [0.5, 0.6) is 0 Å². The molecule has 1 N–H and O–H groups in total. The smallest absolute Gasteiger partial charge is 0.179 e. The molecule has 2 aromatic rings. The molecule has 1 aromatic heterocycles. The van der Waals surface area contributed by atoms with Crippen LogP contribution in [-0.2, 0) is 12.8 Å². The number of hydrogen-bond acceptors (Lipinski definition) is 1. The van der Waals surface area contributed by atoms with Gasteiger partial charge in [-0.1, -0.05) is 25.1 Å². The fourth-order valence-electron chi connectivity index (χ4n) is 2.68. The Morgan fingerprint density at radius 2 is 2.19 bits per heavy atom. The van der Waals surface area contributed by atoms with Gasteiger partial charge in [0.15, 0.2) is 5.78 Å². The summed E-state index contributed by atoms with van der Waals surface area (Å²) >= 11 is 0. The highest BCUT2D eigenvalue weighted by atomic mass is 16.1. The fourth-order valence-corrected chi connectivity index (χ4v) is 2.68. The molecule has 1 heterocycles. The summed E-state index contributed by atoms with van der Waals surface area (Å²) in [5.41, 5.74) is 4.58. The van der Waals surface area contributed by atoms with E-state index in [1.165, 1.54) is 22.0 Å². The second-order valence-corrected chi connectivity index (χ2v) is 4.45. The van der Waals surface area contributed by atoms with Gasteiger partial charge >= 0.3 is 0 Å². The predicted octanol–water partition coefficient (Wildman–Crippen LogP) is 3.25. The average Bonchev–Trinajstić information content (AvgIpc) is 2.69. The zero-order valence-corrected chi connectivity index (χ0v) is 9.47. The summed E-state index contributed by atoms with van der Waals surface area (Å²) in [6.45, 7) is 2.15. The number of hydrogen-bond donors (Lipinski definition) is 1. The van der Waals surface area contributed by atoms with Crippen LogP contribution in [-0.4, -0.2) is 10.8 Å². The normalized spacial score (nSPS) is 15.4. The molecule has 0 spiro atoms. The first kappa shape index (κ1) is 9.64. The molecular formula is C14H15NO. The zero-order chi connectivity index (χ0) is 11.1. The third-order valence-electron chi connectivity index (χ3n) is 3.52. The number of aromatic amines is 1. The van der Waals surface area contributed by atoms with Gasteiger partial charge < -0.3 is 4.98 Å². The van der Waals surface area contributed by atoms with E-state index in [1.807, 2.05) is 0 Å². The molecule has 3 rings (SSSR count). The highest BCUT2D eigenvalue weighted by Crippen LogP contribution is 2.30. The van der Waals surface area contributed by atoms with Crippen LogP contribution in [0.25, 0.3) is 10.9 Å². The van der Waals surface area contributed by atoms with E-state index < -0.39 is 0 Å². The molecule has 0 aliphatic heterocycles. The Bertz CT molecular complexity index is 565. The Kier molecular flexibility index (Phi) is 2.10. The van der Waals surface area contributed by atoms with Crippen LogP contribution in [0.3, 0.4) is 0 Å². The number of aryl methyl sites for hydroxylation is 2. The fraction of sp³-hybridized carbons (Fsp3) is 0.357. The Morgan fingerprint density at radius 3 is 3.00 bits per heavy atom. The van der Waals surface area contributed by atoms with Crippen LogP contribution < -0.4 is 0 Å². The average molecular weight is 213 g/mol. The predicted molar refractivity (Wildman–Crippen MR) is 64.9 cm³/mol. The summed E-state index contributed by atoms with van der Waals surface area (Å²) in [5.74, 6) is 0.277. The van der Waals surface area contributed by atoms with E-state index in [0.717, 1.165) is 25.0 Å². The molecule has 0 radical (unpaired) electrons. The Hall–Kier alpha value is -1.57. The molecule has 0 bridgehead atoms. The van der Waals surface area contributed by atoms with Crippen molar-refractivity contribution in [2.24, 2.45) is 0 Å². The Morgan fingerprint density at radius 1 is 1.31 bits per heavy atom. The number of para-hydroxylation sites is 1. The number of ketones is 1. The van der Waals surface area contributed by atoms with Crippen molar-refractivity contribution in [2.75, 3.05) is 0 Å². The molecule has 0 saturated carbocycles. The molecule has 1 aliphatic rings. The highest BCUT2D eigenvalue weighted by Gasteiger charge is 2.22. The lowest BCUT2D eigenvalue weighted by molar-refractivity contribution is 0.0968. The van der Waals surface area contributed by atoms with Crippen molar-refractivity contribution in [3.63, 3.8) is 0 Å². The summed E-state index contributed by atoms with van der Waals surface area (Å²) in [4.78, 5) is 15.2. The van der Waals surface area contributed by atoms with E-state index in [1.54, 1.807) is 0 Å². The van der Waals surface area contributed by atoms with Gasteiger partial charge in [-0.3, -0.25) is 4.79 Å². The standard InChI is InChI=1S/C14H15NO/c1-2-9-5-3-6-10-11-7-4-8-12(16)14(11)15-13(9)10/h3,5-6,15H,2,4,7-8H2,1H3. The van der Waals surface area contributed by atoms with Crippen LogP contribution >= 0.6 is 0 Å². The third kappa shape index (κ3) is 1.22. The summed E-state index contributed by atoms with van der Waals surface area (Å²) in [5, 5.41) is 1.25. The first-order valence-corrected chi connectivity index (χ1v) is 5.97. The molecule has 2 heteroatoms. The molecule has 0 unspecified atom stereocenters. The maximum absolute atomic E-state index is 11.8. The van der Waals surface area contributed by atoms with Crippen molar-refractivity contribution in [1.82, 2.24) is 4.98 Å². The monoisotopic (exact) mass is 213 g/mol. The number of rotatable bonds is 1. The van der Waals surface area contributed by atoms with Gasteiger partial charge in [0.25, 0.3) is 0 Å². The van der Waals surface area contributed by atoms with E-state index in [-0.39, 0.29) is 5.78 Å². The van der Waals surface area contributed by atoms with E-state index in [2.05, 4.69) is 30.1 Å². The largest absolute Gasteiger partial charge is 0.352 e. The Balaban J connectivity index is 2.35. The lowest BCUT2D eigenvalue weighted by Crippen LogP contribution is -2.09. The molecule has 0 saturated heterocycles. The van der Waals surface area contributed by atoms with E-state index in [0.29, 0.717) is 6.42 Å². The van der Waals surface area contributed by atoms with E-state index in [9.17, 15) is 4.79 Å². The minimum Gasteiger partial charge on any atom is -0.352 e. The summed E-state index contributed by atoms with van der Waals surface area (Å²) < 4.78 is 0. The number of aromatic nitrogens is 1. The van der Waals surface area contributed by atoms with Crippen molar-refractivity contribution >= 4 is 16.7 Å². The van der Waals surface area contributed by atoms with E-state index in [4.69, 9.17) is 0 Å². The SMILES string of the molecule is CCc1cccc2c3c([nH]c12)C(=O)CCC3. The molecular weight excluding hydrogens is 198 g/mol. The van der Waals surface area contributed by atoms with Crippen molar-refractivity contribution < 1.29 is 4.79 Å². The maximum Gasteiger partial charge on any atom is 0.179 e. The topological polar surface area (TPSA) is 32.9 Å². The molecule has 1 aromatic carbocycles. The van der Waals surface area contributed by atoms with Gasteiger partial charge in [-0.15, -0.1) is 0 Å². The molecule has 0 fully saturated rings. The minimum absolute atomic E-state index is 0.277. The second-order valence-electron chi connectivity index (χ2n) is 4.45. The number of carbonyl (C=O) groups excluding carboxylic acids is 1. The van der Waals surface area contributed by atoms with E-state index >= 15 is 0 Å². The molecule has 0 atom stereocenters. The molecule has 0 amide bonds. The second kappa shape index (κ2) is 3.48. The quantitative estimate of drug-likeness (QED) is 0.775. The summed E-state index contributed by atoms with van der Waals surface area (Å²) in [6, 6.07) is 6.35. The van der Waals surface area contributed by atoms with Crippen LogP contribution in [0.15, 0.2) is 18.2 Å². The van der Waals surface area contributed by atoms with Crippen LogP contribution in [0.4, 0.5) is 0 Å². The van der Waals surface area contributed by atoms with Crippen molar-refractivity contribution in [2.45, 2.75) is 32.6 Å². The third-order valence-corrected chi connectivity index (χ3v) is 3.52. The molecule has 2 nitrogen and oxygen atoms in total. The summed E-state index contributed by atoms with van der Waals surface area (Å²) in [6.07, 6.45) is 3.73. The summed E-state index contributed by atoms with van der Waals surface area (Å²) in [7, 11) is 0. The lowest BCUT2D eigenvalue weighted by Gasteiger charge is -2.09. The number of benzene rings is 1. The van der Waals surface area contributed by atoms with Crippen molar-refractivity contribution in [3.8, 4) is 0 Å². The number of H-pyrrole nitrogens is 1. The number of nitrogens with one attached hydrogen (secondary N) is 1. The zero-order valence-electron chi connectivity index (χ0n) is 9.47. The first-order valence-electron chi connectivity index (χ1n) is 5.97. The number of fused-ring (bicyclic) bond motifs is 3. The molecule has 82 valence electrons. The van der Waals surface area contributed by atoms with Crippen LogP contribution in [0, 0.1) is 0 Å². The number of Topliss-reactive ketones (excluding diaryl/α,β-unsaturated/α-hetero) is 1. The lowest BCUT2D eigenvalue weighted by atomic mass is 9.94. The van der Waals surface area contributed by atoms with Gasteiger partial charge in [-0.05, 0) is 30.4 Å². The van der Waals surface area contributed by atoms with Crippen molar-refractivity contribution in [3.05, 3.63) is 35.0 Å². The van der Waals surface area contributed by atoms with Gasteiger partial charge in [0, 0.05) is 17.3 Å². The number of carbonyl (C=O) groups is 1. The van der Waals surface area contributed by atoms with Crippen molar-refractivity contribution in [1.29, 1.82) is 0 Å². The van der Waals surface area contributed by atoms with Crippen LogP contribution in [0.2, 0.25) is 0 Å². The molecule has 1 aliphatic carbocycles. The van der Waals surface area contributed by atoms with Crippen LogP contribution in [0.1, 0.15) is 41.4 Å².